The van der Waals surface area contributed by atoms with Crippen LogP contribution in [-0.4, -0.2) is 75.6 Å². The first-order chi connectivity index (χ1) is 16.4. The topological polar surface area (TPSA) is 119 Å². The maximum absolute atomic E-state index is 12.6. The van der Waals surface area contributed by atoms with E-state index in [-0.39, 0.29) is 24.5 Å². The Morgan fingerprint density at radius 3 is 2.47 bits per heavy atom. The van der Waals surface area contributed by atoms with Crippen LogP contribution in [0.3, 0.4) is 0 Å². The van der Waals surface area contributed by atoms with Crippen LogP contribution in [0, 0.1) is 0 Å². The molecule has 0 aliphatic carbocycles. The van der Waals surface area contributed by atoms with Crippen LogP contribution in [0.15, 0.2) is 36.9 Å². The minimum absolute atomic E-state index is 0.00667. The Balaban J connectivity index is 1.18. The highest BCUT2D eigenvalue weighted by Crippen LogP contribution is 2.19. The molecule has 10 nitrogen and oxygen atoms in total. The number of nitrogens with two attached hydrogens (primary N) is 1. The predicted molar refractivity (Wildman–Crippen MR) is 119 cm³/mol. The van der Waals surface area contributed by atoms with Crippen molar-refractivity contribution in [1.82, 2.24) is 24.4 Å². The van der Waals surface area contributed by atoms with E-state index in [4.69, 9.17) is 10.5 Å². The van der Waals surface area contributed by atoms with Crippen LogP contribution in [0.1, 0.15) is 28.8 Å². The Morgan fingerprint density at radius 2 is 1.79 bits per heavy atom. The fourth-order valence-electron chi connectivity index (χ4n) is 3.73. The van der Waals surface area contributed by atoms with Gasteiger partial charge in [-0.1, -0.05) is 0 Å². The van der Waals surface area contributed by atoms with Gasteiger partial charge in [-0.05, 0) is 18.2 Å². The summed E-state index contributed by atoms with van der Waals surface area (Å²) in [6.07, 6.45) is 1.60. The molecule has 0 spiro atoms. The third-order valence-corrected chi connectivity index (χ3v) is 5.67. The largest absolute Gasteiger partial charge is 0.379 e. The highest BCUT2D eigenvalue weighted by atomic mass is 19.3. The molecule has 3 heterocycles. The summed E-state index contributed by atoms with van der Waals surface area (Å²) in [5.41, 5.74) is 7.10. The highest BCUT2D eigenvalue weighted by molar-refractivity contribution is 5.96. The van der Waals surface area contributed by atoms with Crippen molar-refractivity contribution in [1.29, 1.82) is 0 Å². The maximum atomic E-state index is 12.6. The summed E-state index contributed by atoms with van der Waals surface area (Å²) in [4.78, 5) is 39.8. The van der Waals surface area contributed by atoms with Gasteiger partial charge in [-0.3, -0.25) is 9.59 Å². The number of alkyl halides is 2. The number of carbonyl (C=O) groups excluding carboxylic acids is 2. The molecule has 1 aliphatic heterocycles. The normalized spacial score (nSPS) is 14.2. The summed E-state index contributed by atoms with van der Waals surface area (Å²) in [5.74, 6) is -0.120. The Morgan fingerprint density at radius 1 is 1.06 bits per heavy atom. The number of rotatable bonds is 9. The summed E-state index contributed by atoms with van der Waals surface area (Å²) in [7, 11) is 0. The van der Waals surface area contributed by atoms with E-state index in [1.807, 2.05) is 9.47 Å². The van der Waals surface area contributed by atoms with Crippen LogP contribution in [0.4, 0.5) is 14.7 Å². The van der Waals surface area contributed by atoms with Crippen LogP contribution in [-0.2, 0) is 16.1 Å². The first kappa shape index (κ1) is 23.5. The van der Waals surface area contributed by atoms with E-state index in [1.54, 1.807) is 29.4 Å². The summed E-state index contributed by atoms with van der Waals surface area (Å²) < 4.78 is 32.8. The first-order valence-corrected chi connectivity index (χ1v) is 10.9. The minimum Gasteiger partial charge on any atom is -0.379 e. The van der Waals surface area contributed by atoms with Crippen molar-refractivity contribution in [2.75, 3.05) is 44.3 Å². The van der Waals surface area contributed by atoms with Gasteiger partial charge in [-0.15, -0.1) is 0 Å². The molecule has 2 aromatic heterocycles. The summed E-state index contributed by atoms with van der Waals surface area (Å²) in [5, 5.41) is 0. The van der Waals surface area contributed by atoms with Crippen LogP contribution >= 0.6 is 0 Å². The Kier molecular flexibility index (Phi) is 7.26. The van der Waals surface area contributed by atoms with Crippen molar-refractivity contribution >= 4 is 28.8 Å². The monoisotopic (exact) mass is 473 g/mol. The second-order valence-corrected chi connectivity index (χ2v) is 7.85. The number of fused-ring (bicyclic) bond motifs is 1. The van der Waals surface area contributed by atoms with Crippen molar-refractivity contribution in [3.05, 3.63) is 48.0 Å². The second-order valence-electron chi connectivity index (χ2n) is 7.85. The van der Waals surface area contributed by atoms with E-state index in [0.29, 0.717) is 50.8 Å². The number of hydrogen-bond donors (Lipinski definition) is 1. The molecule has 0 atom stereocenters. The maximum Gasteiger partial charge on any atom is 0.266 e. The molecule has 1 saturated heterocycles. The number of amides is 2. The van der Waals surface area contributed by atoms with Crippen molar-refractivity contribution in [2.24, 2.45) is 5.73 Å². The molecule has 1 aliphatic rings. The van der Waals surface area contributed by atoms with E-state index in [0.717, 1.165) is 23.4 Å². The van der Waals surface area contributed by atoms with Crippen molar-refractivity contribution in [3.8, 4) is 0 Å². The average molecular weight is 473 g/mol. The third kappa shape index (κ3) is 5.45. The Labute approximate surface area is 194 Å². The zero-order valence-electron chi connectivity index (χ0n) is 18.4. The molecule has 3 aromatic rings. The van der Waals surface area contributed by atoms with E-state index >= 15 is 0 Å². The van der Waals surface area contributed by atoms with Gasteiger partial charge in [0.2, 0.25) is 17.8 Å². The van der Waals surface area contributed by atoms with E-state index in [2.05, 4.69) is 15.0 Å². The molecule has 34 heavy (non-hydrogen) atoms. The minimum atomic E-state index is -2.60. The number of primary amides is 1. The fourth-order valence-corrected chi connectivity index (χ4v) is 3.73. The highest BCUT2D eigenvalue weighted by Gasteiger charge is 2.22. The lowest BCUT2D eigenvalue weighted by atomic mass is 10.2. The number of nitrogens with zero attached hydrogens (tertiary/aromatic N) is 6. The van der Waals surface area contributed by atoms with Crippen LogP contribution in [0.2, 0.25) is 0 Å². The van der Waals surface area contributed by atoms with Crippen molar-refractivity contribution < 1.29 is 23.1 Å². The molecule has 2 N–H and O–H groups in total. The average Bonchev–Trinajstić information content (AvgIpc) is 3.26. The molecule has 1 aromatic carbocycles. The quantitative estimate of drug-likeness (QED) is 0.469. The van der Waals surface area contributed by atoms with E-state index in [1.165, 1.54) is 0 Å². The predicted octanol–water partition coefficient (Wildman–Crippen LogP) is 1.62. The zero-order valence-corrected chi connectivity index (χ0v) is 18.4. The molecule has 4 rings (SSSR count). The Hall–Kier alpha value is -3.67. The van der Waals surface area contributed by atoms with Gasteiger partial charge in [-0.25, -0.2) is 23.7 Å². The molecule has 0 unspecified atom stereocenters. The lowest BCUT2D eigenvalue weighted by molar-refractivity contribution is -0.132. The molecule has 0 radical (unpaired) electrons. The molecule has 180 valence electrons. The van der Waals surface area contributed by atoms with Gasteiger partial charge in [0, 0.05) is 50.7 Å². The van der Waals surface area contributed by atoms with Gasteiger partial charge < -0.3 is 24.8 Å². The van der Waals surface area contributed by atoms with Gasteiger partial charge in [0.05, 0.1) is 42.6 Å². The standard InChI is InChI=1S/C22H25F2N7O3/c23-20(24)16-12-26-22(27-13-16)30-6-4-29(5-7-30)19(32)3-9-34-10-8-31-14-28-17-2-1-15(21(25)33)11-18(17)31/h1-2,11-14,20H,3-10H2,(H2,25,33). The lowest BCUT2D eigenvalue weighted by Crippen LogP contribution is -2.49. The third-order valence-electron chi connectivity index (χ3n) is 5.67. The van der Waals surface area contributed by atoms with Gasteiger partial charge in [-0.2, -0.15) is 0 Å². The summed E-state index contributed by atoms with van der Waals surface area (Å²) in [6.45, 7) is 3.26. The molecule has 12 heteroatoms. The van der Waals surface area contributed by atoms with Crippen LogP contribution < -0.4 is 10.6 Å². The molecule has 0 saturated carbocycles. The van der Waals surface area contributed by atoms with E-state index in [9.17, 15) is 18.4 Å². The Bertz CT molecular complexity index is 1150. The first-order valence-electron chi connectivity index (χ1n) is 10.9. The molecule has 2 amide bonds. The number of halogens is 2. The molecular weight excluding hydrogens is 448 g/mol. The van der Waals surface area contributed by atoms with Crippen molar-refractivity contribution in [2.45, 2.75) is 19.4 Å². The van der Waals surface area contributed by atoms with Crippen LogP contribution in [0.5, 0.6) is 0 Å². The number of aromatic nitrogens is 4. The van der Waals surface area contributed by atoms with Crippen molar-refractivity contribution in [3.63, 3.8) is 0 Å². The van der Waals surface area contributed by atoms with Crippen LogP contribution in [0.25, 0.3) is 11.0 Å². The second kappa shape index (κ2) is 10.5. The number of benzene rings is 1. The fraction of sp³-hybridized carbons (Fsp3) is 0.409. The van der Waals surface area contributed by atoms with Gasteiger partial charge in [0.25, 0.3) is 6.43 Å². The zero-order chi connectivity index (χ0) is 24.1. The number of ether oxygens (including phenoxy) is 1. The number of hydrogen-bond acceptors (Lipinski definition) is 7. The molecular formula is C22H25F2N7O3. The number of piperazine rings is 1. The lowest BCUT2D eigenvalue weighted by Gasteiger charge is -2.34. The smallest absolute Gasteiger partial charge is 0.266 e. The molecule has 1 fully saturated rings. The summed E-state index contributed by atoms with van der Waals surface area (Å²) >= 11 is 0. The van der Waals surface area contributed by atoms with Gasteiger partial charge in [0.1, 0.15) is 0 Å². The van der Waals surface area contributed by atoms with E-state index < -0.39 is 12.3 Å². The van der Waals surface area contributed by atoms with Gasteiger partial charge >= 0.3 is 0 Å². The number of carbonyl (C=O) groups is 2. The number of imidazole rings is 1. The summed E-state index contributed by atoms with van der Waals surface area (Å²) in [6, 6.07) is 5.09. The molecule has 0 bridgehead atoms. The number of anilines is 1. The van der Waals surface area contributed by atoms with Gasteiger partial charge in [0.15, 0.2) is 0 Å². The SMILES string of the molecule is NC(=O)c1ccc2ncn(CCOCCC(=O)N3CCN(c4ncc(C(F)F)cn4)CC3)c2c1.